The van der Waals surface area contributed by atoms with Crippen molar-refractivity contribution in [1.29, 1.82) is 0 Å². The molecule has 2 N–H and O–H groups in total. The standard InChI is InChI=1S/C12H15ClN2O2S2/c1-8-6-9(13)2-3-10(8)17-7-11(16)14-4-5-15-12(18)19/h2-3,6H,4-5,7H2,1H3,(H,14,16)(H2,15,18,19). The van der Waals surface area contributed by atoms with Crippen molar-refractivity contribution in [2.24, 2.45) is 0 Å². The third kappa shape index (κ3) is 6.66. The summed E-state index contributed by atoms with van der Waals surface area (Å²) in [5, 5.41) is 6.15. The van der Waals surface area contributed by atoms with Gasteiger partial charge in [-0.1, -0.05) is 23.8 Å². The first-order valence-electron chi connectivity index (χ1n) is 5.61. The van der Waals surface area contributed by atoms with Gasteiger partial charge >= 0.3 is 0 Å². The number of carbonyl (C=O) groups is 1. The number of thiol groups is 1. The molecule has 0 atom stereocenters. The number of ether oxygens (including phenoxy) is 1. The van der Waals surface area contributed by atoms with Crippen LogP contribution >= 0.6 is 36.4 Å². The molecular weight excluding hydrogens is 304 g/mol. The third-order valence-corrected chi connectivity index (χ3v) is 2.76. The Morgan fingerprint density at radius 1 is 1.42 bits per heavy atom. The van der Waals surface area contributed by atoms with Crippen LogP contribution in [0.25, 0.3) is 0 Å². The third-order valence-electron chi connectivity index (χ3n) is 2.22. The molecule has 0 fully saturated rings. The lowest BCUT2D eigenvalue weighted by Crippen LogP contribution is -2.35. The van der Waals surface area contributed by atoms with E-state index in [9.17, 15) is 4.79 Å². The number of benzene rings is 1. The van der Waals surface area contributed by atoms with Crippen LogP contribution in [-0.2, 0) is 4.79 Å². The zero-order valence-electron chi connectivity index (χ0n) is 10.4. The molecule has 0 aromatic heterocycles. The normalized spacial score (nSPS) is 9.84. The quantitative estimate of drug-likeness (QED) is 0.426. The largest absolute Gasteiger partial charge is 0.484 e. The maximum absolute atomic E-state index is 11.5. The van der Waals surface area contributed by atoms with E-state index in [1.165, 1.54) is 0 Å². The van der Waals surface area contributed by atoms with Crippen molar-refractivity contribution < 1.29 is 9.53 Å². The molecule has 1 amide bonds. The first-order chi connectivity index (χ1) is 8.99. The molecular formula is C12H15ClN2O2S2. The Morgan fingerprint density at radius 3 is 2.74 bits per heavy atom. The van der Waals surface area contributed by atoms with Crippen molar-refractivity contribution in [3.8, 4) is 5.75 Å². The summed E-state index contributed by atoms with van der Waals surface area (Å²) in [7, 11) is 0. The van der Waals surface area contributed by atoms with Crippen molar-refractivity contribution in [3.05, 3.63) is 28.8 Å². The topological polar surface area (TPSA) is 50.4 Å². The molecule has 104 valence electrons. The summed E-state index contributed by atoms with van der Waals surface area (Å²) in [6, 6.07) is 5.25. The van der Waals surface area contributed by atoms with Crippen LogP contribution in [0.2, 0.25) is 5.02 Å². The second kappa shape index (κ2) is 8.24. The molecule has 0 heterocycles. The Morgan fingerprint density at radius 2 is 2.11 bits per heavy atom. The van der Waals surface area contributed by atoms with Gasteiger partial charge in [0.2, 0.25) is 0 Å². The minimum Gasteiger partial charge on any atom is -0.484 e. The summed E-state index contributed by atoms with van der Waals surface area (Å²) in [4.78, 5) is 11.5. The van der Waals surface area contributed by atoms with Gasteiger partial charge in [0, 0.05) is 18.1 Å². The van der Waals surface area contributed by atoms with Gasteiger partial charge in [0.15, 0.2) is 6.61 Å². The summed E-state index contributed by atoms with van der Waals surface area (Å²) >= 11 is 14.5. The minimum absolute atomic E-state index is 0.0339. The summed E-state index contributed by atoms with van der Waals surface area (Å²) in [6.07, 6.45) is 0. The van der Waals surface area contributed by atoms with Gasteiger partial charge in [-0.05, 0) is 30.7 Å². The molecule has 1 rings (SSSR count). The number of halogens is 1. The maximum Gasteiger partial charge on any atom is 0.258 e. The predicted octanol–water partition coefficient (Wildman–Crippen LogP) is 1.95. The molecule has 1 aromatic carbocycles. The Labute approximate surface area is 128 Å². The molecule has 4 nitrogen and oxygen atoms in total. The van der Waals surface area contributed by atoms with Crippen LogP contribution in [0.3, 0.4) is 0 Å². The number of hydrogen-bond donors (Lipinski definition) is 3. The van der Waals surface area contributed by atoms with Crippen molar-refractivity contribution in [3.63, 3.8) is 0 Å². The highest BCUT2D eigenvalue weighted by atomic mass is 35.5. The van der Waals surface area contributed by atoms with Gasteiger partial charge in [0.1, 0.15) is 10.1 Å². The van der Waals surface area contributed by atoms with Crippen LogP contribution in [0.4, 0.5) is 0 Å². The van der Waals surface area contributed by atoms with Crippen molar-refractivity contribution >= 4 is 46.7 Å². The molecule has 0 saturated heterocycles. The van der Waals surface area contributed by atoms with E-state index in [-0.39, 0.29) is 12.5 Å². The van der Waals surface area contributed by atoms with Gasteiger partial charge in [0.05, 0.1) is 0 Å². The molecule has 0 spiro atoms. The van der Waals surface area contributed by atoms with Gasteiger partial charge in [-0.2, -0.15) is 0 Å². The predicted molar refractivity (Wildman–Crippen MR) is 84.3 cm³/mol. The first kappa shape index (κ1) is 16.1. The zero-order valence-corrected chi connectivity index (χ0v) is 12.9. The lowest BCUT2D eigenvalue weighted by molar-refractivity contribution is -0.123. The number of nitrogens with one attached hydrogen (secondary N) is 2. The monoisotopic (exact) mass is 318 g/mol. The fourth-order valence-corrected chi connectivity index (χ4v) is 1.78. The smallest absolute Gasteiger partial charge is 0.258 e. The zero-order chi connectivity index (χ0) is 14.3. The van der Waals surface area contributed by atoms with Crippen LogP contribution < -0.4 is 15.4 Å². The Hall–Kier alpha value is -0.980. The maximum atomic E-state index is 11.5. The lowest BCUT2D eigenvalue weighted by Gasteiger charge is -2.10. The van der Waals surface area contributed by atoms with E-state index in [0.717, 1.165) is 5.56 Å². The highest BCUT2D eigenvalue weighted by molar-refractivity contribution is 8.11. The molecule has 0 unspecified atom stereocenters. The van der Waals surface area contributed by atoms with Crippen LogP contribution in [-0.4, -0.2) is 29.9 Å². The van der Waals surface area contributed by atoms with E-state index >= 15 is 0 Å². The molecule has 0 aliphatic heterocycles. The van der Waals surface area contributed by atoms with Gasteiger partial charge in [-0.25, -0.2) is 0 Å². The van der Waals surface area contributed by atoms with E-state index in [2.05, 4.69) is 23.3 Å². The number of hydrogen-bond acceptors (Lipinski definition) is 3. The van der Waals surface area contributed by atoms with Gasteiger partial charge < -0.3 is 15.4 Å². The fraction of sp³-hybridized carbons (Fsp3) is 0.333. The van der Waals surface area contributed by atoms with Gasteiger partial charge in [0.25, 0.3) is 5.91 Å². The Bertz CT molecular complexity index is 469. The summed E-state index contributed by atoms with van der Waals surface area (Å²) in [5.41, 5.74) is 0.891. The summed E-state index contributed by atoms with van der Waals surface area (Å²) in [5.74, 6) is 0.454. The second-order valence-corrected chi connectivity index (χ2v) is 5.37. The summed E-state index contributed by atoms with van der Waals surface area (Å²) < 4.78 is 5.80. The molecule has 0 radical (unpaired) electrons. The average Bonchev–Trinajstić information content (AvgIpc) is 2.33. The number of rotatable bonds is 6. The molecule has 0 aliphatic rings. The van der Waals surface area contributed by atoms with Crippen LogP contribution in [0.15, 0.2) is 18.2 Å². The highest BCUT2D eigenvalue weighted by Gasteiger charge is 2.04. The van der Waals surface area contributed by atoms with E-state index in [0.29, 0.717) is 28.2 Å². The molecule has 7 heteroatoms. The molecule has 0 aliphatic carbocycles. The number of amides is 1. The lowest BCUT2D eigenvalue weighted by atomic mass is 10.2. The fourth-order valence-electron chi connectivity index (χ4n) is 1.34. The van der Waals surface area contributed by atoms with Gasteiger partial charge in [-0.15, -0.1) is 12.6 Å². The van der Waals surface area contributed by atoms with Crippen LogP contribution in [0, 0.1) is 6.92 Å². The van der Waals surface area contributed by atoms with Crippen LogP contribution in [0.1, 0.15) is 5.56 Å². The molecule has 0 bridgehead atoms. The second-order valence-electron chi connectivity index (χ2n) is 3.78. The molecule has 1 aromatic rings. The first-order valence-corrected chi connectivity index (χ1v) is 6.85. The number of aryl methyl sites for hydroxylation is 1. The van der Waals surface area contributed by atoms with E-state index in [4.69, 9.17) is 28.6 Å². The number of thiocarbonyl (C=S) groups is 1. The molecule has 0 saturated carbocycles. The van der Waals surface area contributed by atoms with Gasteiger partial charge in [-0.3, -0.25) is 4.79 Å². The Balaban J connectivity index is 2.28. The molecule has 19 heavy (non-hydrogen) atoms. The van der Waals surface area contributed by atoms with E-state index in [1.807, 2.05) is 6.92 Å². The number of carbonyl (C=O) groups excluding carboxylic acids is 1. The Kier molecular flexibility index (Phi) is 6.97. The highest BCUT2D eigenvalue weighted by Crippen LogP contribution is 2.21. The van der Waals surface area contributed by atoms with Crippen molar-refractivity contribution in [2.75, 3.05) is 19.7 Å². The van der Waals surface area contributed by atoms with Crippen LogP contribution in [0.5, 0.6) is 5.75 Å². The minimum atomic E-state index is -0.193. The van der Waals surface area contributed by atoms with Crippen molar-refractivity contribution in [1.82, 2.24) is 10.6 Å². The SMILES string of the molecule is Cc1cc(Cl)ccc1OCC(=O)NCCNC(=S)S. The van der Waals surface area contributed by atoms with E-state index in [1.54, 1.807) is 18.2 Å². The average molecular weight is 319 g/mol. The van der Waals surface area contributed by atoms with E-state index < -0.39 is 0 Å². The summed E-state index contributed by atoms with van der Waals surface area (Å²) in [6.45, 7) is 2.83. The van der Waals surface area contributed by atoms with Crippen molar-refractivity contribution in [2.45, 2.75) is 6.92 Å².